The third kappa shape index (κ3) is 6.13. The molecule has 0 bridgehead atoms. The van der Waals surface area contributed by atoms with E-state index in [1.54, 1.807) is 25.5 Å². The SMILES string of the molecule is CC#Cc1sc2c(c1C)c(=O)n(-c1cncc(C(=O)OCC)c1)c(=O)n2C[C@H](OC1CCOCC1)c1ccccc1OC. The molecule has 1 fully saturated rings. The first-order valence-corrected chi connectivity index (χ1v) is 14.9. The van der Waals surface area contributed by atoms with Crippen molar-refractivity contribution in [1.82, 2.24) is 14.1 Å². The van der Waals surface area contributed by atoms with E-state index >= 15 is 0 Å². The molecule has 1 aliphatic heterocycles. The number of ether oxygens (including phenoxy) is 4. The van der Waals surface area contributed by atoms with Gasteiger partial charge in [-0.1, -0.05) is 24.1 Å². The van der Waals surface area contributed by atoms with E-state index in [-0.39, 0.29) is 30.5 Å². The van der Waals surface area contributed by atoms with Gasteiger partial charge < -0.3 is 18.9 Å². The topological polar surface area (TPSA) is 111 Å². The van der Waals surface area contributed by atoms with E-state index in [4.69, 9.17) is 18.9 Å². The van der Waals surface area contributed by atoms with Crippen LogP contribution in [0.25, 0.3) is 15.9 Å². The van der Waals surface area contributed by atoms with E-state index in [0.717, 1.165) is 23.0 Å². The molecule has 224 valence electrons. The molecule has 10 nitrogen and oxygen atoms in total. The summed E-state index contributed by atoms with van der Waals surface area (Å²) in [5, 5.41) is 0.369. The maximum atomic E-state index is 14.3. The van der Waals surface area contributed by atoms with E-state index in [9.17, 15) is 14.4 Å². The number of benzene rings is 1. The number of carbonyl (C=O) groups excluding carboxylic acids is 1. The summed E-state index contributed by atoms with van der Waals surface area (Å²) in [7, 11) is 1.59. The monoisotopic (exact) mass is 603 g/mol. The molecule has 1 atom stereocenters. The number of aryl methyl sites for hydroxylation is 1. The average Bonchev–Trinajstić information content (AvgIpc) is 3.35. The number of nitrogens with zero attached hydrogens (tertiary/aromatic N) is 3. The Labute approximate surface area is 252 Å². The van der Waals surface area contributed by atoms with Crippen LogP contribution >= 0.6 is 11.3 Å². The first-order valence-electron chi connectivity index (χ1n) is 14.1. The fourth-order valence-electron chi connectivity index (χ4n) is 5.20. The van der Waals surface area contributed by atoms with Gasteiger partial charge in [-0.05, 0) is 51.3 Å². The normalized spacial score (nSPS) is 14.2. The van der Waals surface area contributed by atoms with Gasteiger partial charge in [0, 0.05) is 25.0 Å². The summed E-state index contributed by atoms with van der Waals surface area (Å²) in [5.74, 6) is 6.01. The highest BCUT2D eigenvalue weighted by molar-refractivity contribution is 7.19. The van der Waals surface area contributed by atoms with Crippen molar-refractivity contribution in [3.8, 4) is 23.3 Å². The molecule has 1 aliphatic rings. The molecule has 0 spiro atoms. The summed E-state index contributed by atoms with van der Waals surface area (Å²) in [5.41, 5.74) is 0.637. The zero-order chi connectivity index (χ0) is 30.5. The Kier molecular flexibility index (Phi) is 9.40. The number of aromatic nitrogens is 3. The molecule has 0 N–H and O–H groups in total. The predicted molar refractivity (Wildman–Crippen MR) is 163 cm³/mol. The van der Waals surface area contributed by atoms with Crippen molar-refractivity contribution in [2.45, 2.75) is 52.4 Å². The van der Waals surface area contributed by atoms with E-state index in [1.807, 2.05) is 31.2 Å². The molecule has 1 saturated heterocycles. The van der Waals surface area contributed by atoms with E-state index in [0.29, 0.717) is 39.6 Å². The van der Waals surface area contributed by atoms with Crippen molar-refractivity contribution < 1.29 is 23.7 Å². The summed E-state index contributed by atoms with van der Waals surface area (Å²) in [4.78, 5) is 46.2. The van der Waals surface area contributed by atoms with Crippen LogP contribution in [0.3, 0.4) is 0 Å². The van der Waals surface area contributed by atoms with Crippen LogP contribution in [0.4, 0.5) is 0 Å². The molecular weight excluding hydrogens is 570 g/mol. The summed E-state index contributed by atoms with van der Waals surface area (Å²) < 4.78 is 25.6. The van der Waals surface area contributed by atoms with Crippen molar-refractivity contribution in [1.29, 1.82) is 0 Å². The number of hydrogen-bond donors (Lipinski definition) is 0. The molecular formula is C32H33N3O7S. The van der Waals surface area contributed by atoms with Crippen molar-refractivity contribution in [3.63, 3.8) is 0 Å². The van der Waals surface area contributed by atoms with Gasteiger partial charge in [0.25, 0.3) is 5.56 Å². The standard InChI is InChI=1S/C32H33N3O7S/c1-5-9-27-20(3)28-29(36)35(22-16-21(17-33-18-22)31(37)41-6-2)32(38)34(30(28)43-27)19-26(42-23-12-14-40-15-13-23)24-10-7-8-11-25(24)39-4/h7-8,10-11,16-18,23,26H,6,12-15,19H2,1-4H3/t26-/m0/s1. The van der Waals surface area contributed by atoms with Crippen molar-refractivity contribution in [2.24, 2.45) is 0 Å². The Hall–Kier alpha value is -4.24. The number of methoxy groups -OCH3 is 1. The maximum absolute atomic E-state index is 14.3. The lowest BCUT2D eigenvalue weighted by molar-refractivity contribution is -0.0752. The van der Waals surface area contributed by atoms with Crippen LogP contribution in [0.15, 0.2) is 52.3 Å². The summed E-state index contributed by atoms with van der Waals surface area (Å²) in [6.07, 6.45) is 3.49. The minimum Gasteiger partial charge on any atom is -0.496 e. The molecule has 0 amide bonds. The van der Waals surface area contributed by atoms with Crippen LogP contribution in [0, 0.1) is 18.8 Å². The third-order valence-corrected chi connectivity index (χ3v) is 8.53. The van der Waals surface area contributed by atoms with Gasteiger partial charge in [0.2, 0.25) is 0 Å². The van der Waals surface area contributed by atoms with Crippen LogP contribution in [-0.4, -0.2) is 53.1 Å². The summed E-state index contributed by atoms with van der Waals surface area (Å²) in [6, 6.07) is 8.98. The second-order valence-corrected chi connectivity index (χ2v) is 11.0. The largest absolute Gasteiger partial charge is 0.496 e. The zero-order valence-electron chi connectivity index (χ0n) is 24.5. The van der Waals surface area contributed by atoms with Crippen LogP contribution in [-0.2, 0) is 20.8 Å². The molecule has 3 aromatic heterocycles. The molecule has 0 saturated carbocycles. The Morgan fingerprint density at radius 1 is 1.21 bits per heavy atom. The predicted octanol–water partition coefficient (Wildman–Crippen LogP) is 4.41. The molecule has 0 unspecified atom stereocenters. The molecule has 11 heteroatoms. The molecule has 0 aliphatic carbocycles. The second-order valence-electron chi connectivity index (χ2n) is 9.98. The number of pyridine rings is 1. The second kappa shape index (κ2) is 13.4. The van der Waals surface area contributed by atoms with Gasteiger partial charge in [-0.15, -0.1) is 17.3 Å². The number of esters is 1. The average molecular weight is 604 g/mol. The fourth-order valence-corrected chi connectivity index (χ4v) is 6.41. The Balaban J connectivity index is 1.73. The highest BCUT2D eigenvalue weighted by atomic mass is 32.1. The van der Waals surface area contributed by atoms with Gasteiger partial charge in [-0.2, -0.15) is 0 Å². The van der Waals surface area contributed by atoms with E-state index < -0.39 is 23.3 Å². The van der Waals surface area contributed by atoms with Crippen LogP contribution in [0.1, 0.15) is 59.2 Å². The first kappa shape index (κ1) is 30.2. The van der Waals surface area contributed by atoms with Gasteiger partial charge in [-0.25, -0.2) is 14.2 Å². The number of hydrogen-bond acceptors (Lipinski definition) is 9. The van der Waals surface area contributed by atoms with Crippen molar-refractivity contribution >= 4 is 27.5 Å². The molecule has 4 heterocycles. The Morgan fingerprint density at radius 3 is 2.70 bits per heavy atom. The van der Waals surface area contributed by atoms with Crippen molar-refractivity contribution in [3.05, 3.63) is 85.1 Å². The maximum Gasteiger partial charge on any atom is 0.339 e. The highest BCUT2D eigenvalue weighted by Crippen LogP contribution is 2.34. The Bertz CT molecular complexity index is 1820. The van der Waals surface area contributed by atoms with Crippen molar-refractivity contribution in [2.75, 3.05) is 26.9 Å². The lowest BCUT2D eigenvalue weighted by Gasteiger charge is -2.29. The highest BCUT2D eigenvalue weighted by Gasteiger charge is 2.28. The molecule has 4 aromatic rings. The summed E-state index contributed by atoms with van der Waals surface area (Å²) in [6.45, 7) is 6.69. The van der Waals surface area contributed by atoms with E-state index in [1.165, 1.54) is 29.8 Å². The number of carbonyl (C=O) groups is 1. The van der Waals surface area contributed by atoms with E-state index in [2.05, 4.69) is 16.8 Å². The number of fused-ring (bicyclic) bond motifs is 1. The molecule has 0 radical (unpaired) electrons. The first-order chi connectivity index (χ1) is 20.9. The van der Waals surface area contributed by atoms with Crippen LogP contribution in [0.5, 0.6) is 5.75 Å². The van der Waals surface area contributed by atoms with Gasteiger partial charge in [0.15, 0.2) is 0 Å². The lowest BCUT2D eigenvalue weighted by atomic mass is 10.1. The van der Waals surface area contributed by atoms with Gasteiger partial charge in [0.1, 0.15) is 16.7 Å². The fraction of sp³-hybridized carbons (Fsp3) is 0.375. The third-order valence-electron chi connectivity index (χ3n) is 7.30. The van der Waals surface area contributed by atoms with Crippen LogP contribution < -0.4 is 16.0 Å². The van der Waals surface area contributed by atoms with Crippen LogP contribution in [0.2, 0.25) is 0 Å². The molecule has 5 rings (SSSR count). The van der Waals surface area contributed by atoms with Gasteiger partial charge in [-0.3, -0.25) is 14.3 Å². The quantitative estimate of drug-likeness (QED) is 0.204. The summed E-state index contributed by atoms with van der Waals surface area (Å²) >= 11 is 1.29. The smallest absolute Gasteiger partial charge is 0.339 e. The Morgan fingerprint density at radius 2 is 1.98 bits per heavy atom. The lowest BCUT2D eigenvalue weighted by Crippen LogP contribution is -2.40. The number of thiophene rings is 1. The molecule has 1 aromatic carbocycles. The van der Waals surface area contributed by atoms with Gasteiger partial charge in [0.05, 0.1) is 54.1 Å². The number of para-hydroxylation sites is 1. The molecule has 43 heavy (non-hydrogen) atoms. The zero-order valence-corrected chi connectivity index (χ0v) is 25.4. The minimum absolute atomic E-state index is 0.0854. The number of rotatable bonds is 9. The minimum atomic E-state index is -0.598. The van der Waals surface area contributed by atoms with Gasteiger partial charge >= 0.3 is 11.7 Å².